The molecule has 1 aromatic heterocycles. The summed E-state index contributed by atoms with van der Waals surface area (Å²) in [5.74, 6) is -2.86. The number of nitrogens with one attached hydrogen (secondary N) is 1. The Hall–Kier alpha value is -2.27. The lowest BCUT2D eigenvalue weighted by Gasteiger charge is -2.22. The predicted molar refractivity (Wildman–Crippen MR) is 110 cm³/mol. The number of sulfonamides is 1. The number of nitrogens with two attached hydrogens (primary N) is 1. The SMILES string of the molecule is Cc1c(-c2ccc(S(=O)(=O)N3CC(F)(F)CC3CO)cc2Cl)ccc2[nH]nc(N)c12. The monoisotopic (exact) mass is 456 g/mol. The molecule has 1 atom stereocenters. The van der Waals surface area contributed by atoms with E-state index in [-0.39, 0.29) is 9.92 Å². The van der Waals surface area contributed by atoms with Crippen LogP contribution in [0.1, 0.15) is 12.0 Å². The van der Waals surface area contributed by atoms with Gasteiger partial charge in [0.1, 0.15) is 0 Å². The van der Waals surface area contributed by atoms with E-state index in [0.717, 1.165) is 22.0 Å². The van der Waals surface area contributed by atoms with Gasteiger partial charge in [-0.25, -0.2) is 17.2 Å². The van der Waals surface area contributed by atoms with E-state index < -0.39 is 41.6 Å². The standard InChI is InChI=1S/C19H19ClF2N4O3S/c1-10-13(4-5-16-17(10)18(23)25-24-16)14-3-2-12(6-15(14)20)30(28,29)26-9-19(21,22)7-11(26)8-27/h2-6,11,27H,7-9H2,1H3,(H3,23,24,25). The average molecular weight is 457 g/mol. The van der Waals surface area contributed by atoms with Crippen LogP contribution in [0.3, 0.4) is 0 Å². The molecule has 0 amide bonds. The van der Waals surface area contributed by atoms with E-state index >= 15 is 0 Å². The van der Waals surface area contributed by atoms with Gasteiger partial charge in [-0.05, 0) is 36.2 Å². The molecule has 0 saturated carbocycles. The molecule has 1 aliphatic rings. The molecule has 4 rings (SSSR count). The average Bonchev–Trinajstić information content (AvgIpc) is 3.22. The maximum absolute atomic E-state index is 13.8. The minimum Gasteiger partial charge on any atom is -0.395 e. The Morgan fingerprint density at radius 2 is 2.03 bits per heavy atom. The van der Waals surface area contributed by atoms with Crippen LogP contribution < -0.4 is 5.73 Å². The number of rotatable bonds is 4. The quantitative estimate of drug-likeness (QED) is 0.558. The minimum absolute atomic E-state index is 0.145. The number of nitrogens with zero attached hydrogens (tertiary/aromatic N) is 2. The Labute approximate surface area is 176 Å². The van der Waals surface area contributed by atoms with Crippen LogP contribution in [0.2, 0.25) is 5.02 Å². The van der Waals surface area contributed by atoms with E-state index in [2.05, 4.69) is 10.2 Å². The number of aromatic nitrogens is 2. The molecule has 1 fully saturated rings. The van der Waals surface area contributed by atoms with Crippen molar-refractivity contribution < 1.29 is 22.3 Å². The van der Waals surface area contributed by atoms with Gasteiger partial charge in [0.25, 0.3) is 5.92 Å². The van der Waals surface area contributed by atoms with Crippen LogP contribution >= 0.6 is 11.6 Å². The van der Waals surface area contributed by atoms with Crippen molar-refractivity contribution in [3.8, 4) is 11.1 Å². The molecule has 2 heterocycles. The lowest BCUT2D eigenvalue weighted by Crippen LogP contribution is -2.38. The number of aliphatic hydroxyl groups is 1. The van der Waals surface area contributed by atoms with Gasteiger partial charge in [-0.1, -0.05) is 23.7 Å². The summed E-state index contributed by atoms with van der Waals surface area (Å²) in [6.07, 6.45) is -0.722. The number of aliphatic hydroxyl groups excluding tert-OH is 1. The van der Waals surface area contributed by atoms with Crippen molar-refractivity contribution in [3.05, 3.63) is 40.9 Å². The molecular weight excluding hydrogens is 438 g/mol. The van der Waals surface area contributed by atoms with Gasteiger partial charge in [-0.2, -0.15) is 9.40 Å². The Morgan fingerprint density at radius 1 is 1.33 bits per heavy atom. The molecule has 7 nitrogen and oxygen atoms in total. The molecule has 3 aromatic rings. The third kappa shape index (κ3) is 3.33. The maximum Gasteiger partial charge on any atom is 0.263 e. The van der Waals surface area contributed by atoms with Crippen molar-refractivity contribution in [2.75, 3.05) is 18.9 Å². The highest BCUT2D eigenvalue weighted by Gasteiger charge is 2.49. The first-order valence-corrected chi connectivity index (χ1v) is 10.9. The molecule has 0 spiro atoms. The largest absolute Gasteiger partial charge is 0.395 e. The van der Waals surface area contributed by atoms with E-state index in [4.69, 9.17) is 17.3 Å². The number of halogens is 3. The lowest BCUT2D eigenvalue weighted by atomic mass is 9.97. The van der Waals surface area contributed by atoms with Crippen LogP contribution in [-0.2, 0) is 10.0 Å². The molecule has 1 saturated heterocycles. The second kappa shape index (κ2) is 7.16. The molecule has 2 aromatic carbocycles. The van der Waals surface area contributed by atoms with Gasteiger partial charge in [0.05, 0.1) is 29.6 Å². The number of aromatic amines is 1. The summed E-state index contributed by atoms with van der Waals surface area (Å²) < 4.78 is 54.0. The van der Waals surface area contributed by atoms with Gasteiger partial charge in [0.15, 0.2) is 5.82 Å². The third-order valence-corrected chi connectivity index (χ3v) is 7.60. The molecule has 0 aliphatic carbocycles. The first-order valence-electron chi connectivity index (χ1n) is 9.09. The Kier molecular flexibility index (Phi) is 5.00. The van der Waals surface area contributed by atoms with Crippen molar-refractivity contribution in [2.24, 2.45) is 0 Å². The summed E-state index contributed by atoms with van der Waals surface area (Å²) >= 11 is 6.40. The van der Waals surface area contributed by atoms with Crippen molar-refractivity contribution in [3.63, 3.8) is 0 Å². The van der Waals surface area contributed by atoms with Crippen LogP contribution in [0.25, 0.3) is 22.0 Å². The number of aryl methyl sites for hydroxylation is 1. The van der Waals surface area contributed by atoms with Crippen molar-refractivity contribution in [1.82, 2.24) is 14.5 Å². The topological polar surface area (TPSA) is 112 Å². The number of nitrogen functional groups attached to an aromatic ring is 1. The molecule has 160 valence electrons. The number of anilines is 1. The molecule has 4 N–H and O–H groups in total. The first kappa shape index (κ1) is 21.0. The maximum atomic E-state index is 13.8. The smallest absolute Gasteiger partial charge is 0.263 e. The summed E-state index contributed by atoms with van der Waals surface area (Å²) in [5.41, 5.74) is 8.80. The summed E-state index contributed by atoms with van der Waals surface area (Å²) in [6.45, 7) is 0.185. The van der Waals surface area contributed by atoms with Gasteiger partial charge in [0.2, 0.25) is 10.0 Å². The molecule has 1 aliphatic heterocycles. The molecule has 30 heavy (non-hydrogen) atoms. The van der Waals surface area contributed by atoms with E-state index in [1.165, 1.54) is 18.2 Å². The van der Waals surface area contributed by atoms with Crippen LogP contribution in [0.15, 0.2) is 35.2 Å². The van der Waals surface area contributed by atoms with E-state index in [9.17, 15) is 22.3 Å². The zero-order valence-electron chi connectivity index (χ0n) is 15.9. The molecule has 0 radical (unpaired) electrons. The number of hydrogen-bond donors (Lipinski definition) is 3. The normalized spacial score (nSPS) is 19.6. The fourth-order valence-electron chi connectivity index (χ4n) is 3.92. The zero-order valence-corrected chi connectivity index (χ0v) is 17.4. The predicted octanol–water partition coefficient (Wildman–Crippen LogP) is 3.16. The summed E-state index contributed by atoms with van der Waals surface area (Å²) in [5, 5.41) is 17.1. The van der Waals surface area contributed by atoms with Gasteiger partial charge in [-0.3, -0.25) is 5.10 Å². The highest BCUT2D eigenvalue weighted by atomic mass is 35.5. The van der Waals surface area contributed by atoms with Crippen LogP contribution in [0.4, 0.5) is 14.6 Å². The lowest BCUT2D eigenvalue weighted by molar-refractivity contribution is 0.0161. The van der Waals surface area contributed by atoms with Gasteiger partial charge >= 0.3 is 0 Å². The van der Waals surface area contributed by atoms with Crippen molar-refractivity contribution in [2.45, 2.75) is 30.2 Å². The van der Waals surface area contributed by atoms with Gasteiger partial charge < -0.3 is 10.8 Å². The fourth-order valence-corrected chi connectivity index (χ4v) is 5.94. The van der Waals surface area contributed by atoms with Crippen molar-refractivity contribution >= 4 is 38.3 Å². The Bertz CT molecular complexity index is 1250. The van der Waals surface area contributed by atoms with E-state index in [0.29, 0.717) is 15.7 Å². The molecule has 1 unspecified atom stereocenters. The van der Waals surface area contributed by atoms with Crippen LogP contribution in [0.5, 0.6) is 0 Å². The second-order valence-corrected chi connectivity index (χ2v) is 9.66. The number of alkyl halides is 2. The highest BCUT2D eigenvalue weighted by Crippen LogP contribution is 2.39. The van der Waals surface area contributed by atoms with Gasteiger partial charge in [-0.15, -0.1) is 0 Å². The fraction of sp³-hybridized carbons (Fsp3) is 0.316. The minimum atomic E-state index is -4.26. The zero-order chi connectivity index (χ0) is 21.8. The van der Waals surface area contributed by atoms with Crippen LogP contribution in [0, 0.1) is 6.92 Å². The number of fused-ring (bicyclic) bond motifs is 1. The third-order valence-electron chi connectivity index (χ3n) is 5.39. The Balaban J connectivity index is 1.76. The second-order valence-electron chi connectivity index (χ2n) is 7.36. The van der Waals surface area contributed by atoms with E-state index in [1.807, 2.05) is 13.0 Å². The first-order chi connectivity index (χ1) is 14.0. The number of benzene rings is 2. The number of hydrogen-bond acceptors (Lipinski definition) is 5. The Morgan fingerprint density at radius 3 is 2.70 bits per heavy atom. The van der Waals surface area contributed by atoms with E-state index in [1.54, 1.807) is 6.07 Å². The summed E-state index contributed by atoms with van der Waals surface area (Å²) in [7, 11) is -4.26. The molecule has 11 heteroatoms. The van der Waals surface area contributed by atoms with Crippen molar-refractivity contribution in [1.29, 1.82) is 0 Å². The highest BCUT2D eigenvalue weighted by molar-refractivity contribution is 7.89. The van der Waals surface area contributed by atoms with Crippen LogP contribution in [-0.4, -0.2) is 53.1 Å². The molecule has 0 bridgehead atoms. The summed E-state index contributed by atoms with van der Waals surface area (Å²) in [6, 6.07) is 6.51. The van der Waals surface area contributed by atoms with Gasteiger partial charge in [0, 0.05) is 22.4 Å². The molecular formula is C19H19ClF2N4O3S. The summed E-state index contributed by atoms with van der Waals surface area (Å²) in [4.78, 5) is -0.214. The number of H-pyrrole nitrogens is 1.